The Hall–Kier alpha value is -2.61. The lowest BCUT2D eigenvalue weighted by Crippen LogP contribution is -2.54. The van der Waals surface area contributed by atoms with Gasteiger partial charge in [-0.25, -0.2) is 9.97 Å². The number of anilines is 2. The molecule has 0 radical (unpaired) electrons. The zero-order valence-electron chi connectivity index (χ0n) is 15.5. The summed E-state index contributed by atoms with van der Waals surface area (Å²) < 4.78 is 1.76. The SMILES string of the molecule is CN(C)c1cc(N2CCC[C@@](O)(CNC(=O)c3cccn3C)C2)ncn1. The second-order valence-electron chi connectivity index (χ2n) is 7.07. The molecule has 0 unspecified atom stereocenters. The first-order valence-corrected chi connectivity index (χ1v) is 8.74. The van der Waals surface area contributed by atoms with Gasteiger partial charge < -0.3 is 24.8 Å². The van der Waals surface area contributed by atoms with Crippen molar-refractivity contribution in [2.24, 2.45) is 7.05 Å². The number of amides is 1. The molecule has 1 aliphatic rings. The topological polar surface area (TPSA) is 86.5 Å². The van der Waals surface area contributed by atoms with E-state index in [0.717, 1.165) is 24.6 Å². The van der Waals surface area contributed by atoms with E-state index in [0.29, 0.717) is 18.7 Å². The molecule has 3 rings (SSSR count). The Morgan fingerprint density at radius 2 is 2.23 bits per heavy atom. The summed E-state index contributed by atoms with van der Waals surface area (Å²) in [7, 11) is 5.68. The van der Waals surface area contributed by atoms with E-state index in [9.17, 15) is 9.90 Å². The molecule has 0 aliphatic carbocycles. The van der Waals surface area contributed by atoms with Crippen molar-refractivity contribution in [2.45, 2.75) is 18.4 Å². The fourth-order valence-corrected chi connectivity index (χ4v) is 3.24. The van der Waals surface area contributed by atoms with Gasteiger partial charge in [0.15, 0.2) is 0 Å². The average Bonchev–Trinajstić information content (AvgIpc) is 3.06. The molecule has 26 heavy (non-hydrogen) atoms. The molecule has 3 heterocycles. The van der Waals surface area contributed by atoms with Gasteiger partial charge >= 0.3 is 0 Å². The number of piperidine rings is 1. The van der Waals surface area contributed by atoms with Crippen molar-refractivity contribution in [1.29, 1.82) is 0 Å². The quantitative estimate of drug-likeness (QED) is 0.816. The molecule has 0 aromatic carbocycles. The lowest BCUT2D eigenvalue weighted by Gasteiger charge is -2.40. The highest BCUT2D eigenvalue weighted by atomic mass is 16.3. The predicted octanol–water partition coefficient (Wildman–Crippen LogP) is 0.642. The highest BCUT2D eigenvalue weighted by molar-refractivity contribution is 5.92. The van der Waals surface area contributed by atoms with Crippen LogP contribution in [0.4, 0.5) is 11.6 Å². The zero-order valence-corrected chi connectivity index (χ0v) is 15.5. The summed E-state index contributed by atoms with van der Waals surface area (Å²) in [4.78, 5) is 24.8. The number of nitrogens with one attached hydrogen (secondary N) is 1. The van der Waals surface area contributed by atoms with Crippen molar-refractivity contribution in [1.82, 2.24) is 19.9 Å². The number of nitrogens with zero attached hydrogens (tertiary/aromatic N) is 5. The number of rotatable bonds is 5. The lowest BCUT2D eigenvalue weighted by atomic mass is 9.92. The first-order chi connectivity index (χ1) is 12.4. The molecule has 1 amide bonds. The highest BCUT2D eigenvalue weighted by Gasteiger charge is 2.34. The van der Waals surface area contributed by atoms with Crippen molar-refractivity contribution in [3.8, 4) is 0 Å². The van der Waals surface area contributed by atoms with Crippen molar-refractivity contribution < 1.29 is 9.90 Å². The number of hydrogen-bond acceptors (Lipinski definition) is 6. The van der Waals surface area contributed by atoms with E-state index in [2.05, 4.69) is 15.3 Å². The van der Waals surface area contributed by atoms with Gasteiger partial charge in [-0.1, -0.05) is 0 Å². The number of carbonyl (C=O) groups excluding carboxylic acids is 1. The van der Waals surface area contributed by atoms with E-state index < -0.39 is 5.60 Å². The van der Waals surface area contributed by atoms with Gasteiger partial charge in [-0.05, 0) is 25.0 Å². The maximum Gasteiger partial charge on any atom is 0.267 e. The Morgan fingerprint density at radius 1 is 1.42 bits per heavy atom. The molecule has 1 fully saturated rings. The average molecular weight is 358 g/mol. The molecule has 2 N–H and O–H groups in total. The maximum absolute atomic E-state index is 12.3. The van der Waals surface area contributed by atoms with Crippen LogP contribution in [-0.2, 0) is 7.05 Å². The summed E-state index contributed by atoms with van der Waals surface area (Å²) >= 11 is 0. The number of aromatic nitrogens is 3. The van der Waals surface area contributed by atoms with Crippen LogP contribution < -0.4 is 15.1 Å². The van der Waals surface area contributed by atoms with Crippen LogP contribution in [0.15, 0.2) is 30.7 Å². The second kappa shape index (κ2) is 7.33. The summed E-state index contributed by atoms with van der Waals surface area (Å²) in [5.41, 5.74) is -0.407. The van der Waals surface area contributed by atoms with E-state index in [4.69, 9.17) is 0 Å². The van der Waals surface area contributed by atoms with E-state index in [-0.39, 0.29) is 12.5 Å². The van der Waals surface area contributed by atoms with Crippen LogP contribution in [0.5, 0.6) is 0 Å². The third kappa shape index (κ3) is 3.96. The number of hydrogen-bond donors (Lipinski definition) is 2. The minimum atomic E-state index is -0.984. The molecule has 2 aromatic rings. The van der Waals surface area contributed by atoms with Crippen LogP contribution >= 0.6 is 0 Å². The normalized spacial score (nSPS) is 20.1. The molecular weight excluding hydrogens is 332 g/mol. The Labute approximate surface area is 153 Å². The Morgan fingerprint density at radius 3 is 2.92 bits per heavy atom. The highest BCUT2D eigenvalue weighted by Crippen LogP contribution is 2.25. The van der Waals surface area contributed by atoms with Gasteiger partial charge in [0, 0.05) is 53.0 Å². The van der Waals surface area contributed by atoms with Crippen molar-refractivity contribution in [3.63, 3.8) is 0 Å². The molecule has 1 aliphatic heterocycles. The van der Waals surface area contributed by atoms with Crippen molar-refractivity contribution in [2.75, 3.05) is 43.5 Å². The van der Waals surface area contributed by atoms with Gasteiger partial charge in [0.2, 0.25) is 0 Å². The summed E-state index contributed by atoms with van der Waals surface area (Å²) in [5.74, 6) is 1.43. The fraction of sp³-hybridized carbons (Fsp3) is 0.500. The van der Waals surface area contributed by atoms with Gasteiger partial charge in [0.25, 0.3) is 5.91 Å². The lowest BCUT2D eigenvalue weighted by molar-refractivity contribution is 0.0253. The minimum absolute atomic E-state index is 0.181. The first kappa shape index (κ1) is 18.2. The van der Waals surface area contributed by atoms with E-state index in [1.54, 1.807) is 10.6 Å². The number of aryl methyl sites for hydroxylation is 1. The minimum Gasteiger partial charge on any atom is -0.386 e. The van der Waals surface area contributed by atoms with Crippen LogP contribution in [0.2, 0.25) is 0 Å². The Balaban J connectivity index is 1.66. The molecule has 0 spiro atoms. The van der Waals surface area contributed by atoms with E-state index >= 15 is 0 Å². The number of carbonyl (C=O) groups is 1. The molecule has 1 saturated heterocycles. The predicted molar refractivity (Wildman–Crippen MR) is 101 cm³/mol. The third-order valence-electron chi connectivity index (χ3n) is 4.73. The molecule has 140 valence electrons. The van der Waals surface area contributed by atoms with Crippen LogP contribution in [0, 0.1) is 0 Å². The zero-order chi connectivity index (χ0) is 18.7. The smallest absolute Gasteiger partial charge is 0.267 e. The summed E-state index contributed by atoms with van der Waals surface area (Å²) in [6, 6.07) is 5.49. The maximum atomic E-state index is 12.3. The summed E-state index contributed by atoms with van der Waals surface area (Å²) in [5, 5.41) is 13.8. The third-order valence-corrected chi connectivity index (χ3v) is 4.73. The van der Waals surface area contributed by atoms with Gasteiger partial charge in [-0.3, -0.25) is 4.79 Å². The van der Waals surface area contributed by atoms with Crippen LogP contribution in [0.1, 0.15) is 23.3 Å². The molecule has 8 heteroatoms. The second-order valence-corrected chi connectivity index (χ2v) is 7.07. The summed E-state index contributed by atoms with van der Waals surface area (Å²) in [6.45, 7) is 1.45. The van der Waals surface area contributed by atoms with E-state index in [1.807, 2.05) is 49.3 Å². The Bertz CT molecular complexity index is 775. The molecular formula is C18H26N6O2. The largest absolute Gasteiger partial charge is 0.386 e. The van der Waals surface area contributed by atoms with Crippen LogP contribution in [-0.4, -0.2) is 64.9 Å². The van der Waals surface area contributed by atoms with Gasteiger partial charge in [0.1, 0.15) is 23.7 Å². The van der Waals surface area contributed by atoms with Crippen LogP contribution in [0.3, 0.4) is 0 Å². The summed E-state index contributed by atoms with van der Waals surface area (Å²) in [6.07, 6.45) is 4.83. The van der Waals surface area contributed by atoms with Gasteiger partial charge in [-0.2, -0.15) is 0 Å². The van der Waals surface area contributed by atoms with Gasteiger partial charge in [0.05, 0.1) is 5.60 Å². The number of β-amino-alcohol motifs (C(OH)–C–C–N with tert-alkyl or cyclic N) is 1. The molecule has 1 atom stereocenters. The van der Waals surface area contributed by atoms with Gasteiger partial charge in [-0.15, -0.1) is 0 Å². The molecule has 0 saturated carbocycles. The van der Waals surface area contributed by atoms with Crippen molar-refractivity contribution in [3.05, 3.63) is 36.4 Å². The van der Waals surface area contributed by atoms with Crippen molar-refractivity contribution >= 4 is 17.5 Å². The van der Waals surface area contributed by atoms with Crippen LogP contribution in [0.25, 0.3) is 0 Å². The number of aliphatic hydroxyl groups is 1. The molecule has 8 nitrogen and oxygen atoms in total. The Kier molecular flexibility index (Phi) is 5.13. The standard InChI is InChI=1S/C18H26N6O2/c1-22(2)15-10-16(21-13-20-15)24-9-5-7-18(26,12-24)11-19-17(25)14-6-4-8-23(14)3/h4,6,8,10,13,26H,5,7,9,11-12H2,1-3H3,(H,19,25)/t18-/m1/s1. The van der Waals surface area contributed by atoms with E-state index in [1.165, 1.54) is 6.33 Å². The molecule has 2 aromatic heterocycles. The first-order valence-electron chi connectivity index (χ1n) is 8.74. The fourth-order valence-electron chi connectivity index (χ4n) is 3.24. The molecule has 0 bridgehead atoms. The monoisotopic (exact) mass is 358 g/mol.